The van der Waals surface area contributed by atoms with E-state index in [9.17, 15) is 14.9 Å². The van der Waals surface area contributed by atoms with E-state index < -0.39 is 10.9 Å². The fourth-order valence-electron chi connectivity index (χ4n) is 3.10. The Morgan fingerprint density at radius 1 is 1.12 bits per heavy atom. The number of non-ortho nitro benzene ring substituents is 1. The summed E-state index contributed by atoms with van der Waals surface area (Å²) < 4.78 is 11.0. The first-order chi connectivity index (χ1) is 15.4. The maximum absolute atomic E-state index is 12.2. The second-order valence-electron chi connectivity index (χ2n) is 7.10. The maximum Gasteiger partial charge on any atom is 0.363 e. The normalized spacial score (nSPS) is 14.2. The van der Waals surface area contributed by atoms with Gasteiger partial charge in [-0.15, -0.1) is 0 Å². The Morgan fingerprint density at radius 3 is 2.62 bits per heavy atom. The van der Waals surface area contributed by atoms with E-state index in [1.54, 1.807) is 30.3 Å². The number of aliphatic imine (C=N–C) groups is 1. The zero-order chi connectivity index (χ0) is 22.7. The van der Waals surface area contributed by atoms with Crippen molar-refractivity contribution in [3.8, 4) is 5.75 Å². The number of rotatable bonds is 6. The van der Waals surface area contributed by atoms with Crippen LogP contribution in [0.3, 0.4) is 0 Å². The number of nitrogens with zero attached hydrogens (tertiary/aromatic N) is 2. The van der Waals surface area contributed by atoms with Crippen molar-refractivity contribution in [2.45, 2.75) is 13.5 Å². The van der Waals surface area contributed by atoms with Crippen LogP contribution in [0.15, 0.2) is 77.4 Å². The molecular weight excluding hydrogens is 432 g/mol. The molecule has 160 valence electrons. The molecule has 3 aromatic carbocycles. The first-order valence-electron chi connectivity index (χ1n) is 9.64. The number of carbonyl (C=O) groups is 1. The van der Waals surface area contributed by atoms with Crippen LogP contribution in [0.2, 0.25) is 5.02 Å². The molecule has 32 heavy (non-hydrogen) atoms. The van der Waals surface area contributed by atoms with Crippen LogP contribution >= 0.6 is 11.6 Å². The molecule has 3 aromatic rings. The van der Waals surface area contributed by atoms with E-state index >= 15 is 0 Å². The van der Waals surface area contributed by atoms with E-state index in [4.69, 9.17) is 21.1 Å². The molecule has 0 N–H and O–H groups in total. The first-order valence-corrected chi connectivity index (χ1v) is 10.0. The van der Waals surface area contributed by atoms with Crippen molar-refractivity contribution in [2.75, 3.05) is 0 Å². The van der Waals surface area contributed by atoms with Gasteiger partial charge in [-0.2, -0.15) is 0 Å². The van der Waals surface area contributed by atoms with Crippen LogP contribution in [0.25, 0.3) is 6.08 Å². The van der Waals surface area contributed by atoms with Gasteiger partial charge in [-0.25, -0.2) is 9.79 Å². The molecule has 0 amide bonds. The van der Waals surface area contributed by atoms with Crippen LogP contribution in [-0.2, 0) is 16.1 Å². The average molecular weight is 449 g/mol. The molecule has 1 aliphatic rings. The van der Waals surface area contributed by atoms with Crippen molar-refractivity contribution in [2.24, 2.45) is 4.99 Å². The van der Waals surface area contributed by atoms with Crippen LogP contribution in [0, 0.1) is 17.0 Å². The van der Waals surface area contributed by atoms with Crippen LogP contribution < -0.4 is 4.74 Å². The molecule has 0 spiro atoms. The monoisotopic (exact) mass is 448 g/mol. The number of halogens is 1. The molecule has 7 nitrogen and oxygen atoms in total. The summed E-state index contributed by atoms with van der Waals surface area (Å²) in [7, 11) is 0. The Labute approximate surface area is 188 Å². The van der Waals surface area contributed by atoms with Gasteiger partial charge in [0.25, 0.3) is 5.69 Å². The van der Waals surface area contributed by atoms with Crippen molar-refractivity contribution < 1.29 is 19.2 Å². The molecule has 1 heterocycles. The molecule has 4 rings (SSSR count). The molecule has 1 aliphatic heterocycles. The Hall–Kier alpha value is -3.97. The quantitative estimate of drug-likeness (QED) is 0.215. The number of esters is 1. The van der Waals surface area contributed by atoms with Crippen LogP contribution in [0.5, 0.6) is 5.75 Å². The van der Waals surface area contributed by atoms with Crippen molar-refractivity contribution in [1.29, 1.82) is 0 Å². The predicted molar refractivity (Wildman–Crippen MR) is 121 cm³/mol. The summed E-state index contributed by atoms with van der Waals surface area (Å²) in [5, 5.41) is 11.2. The Bertz CT molecular complexity index is 1270. The maximum atomic E-state index is 12.2. The van der Waals surface area contributed by atoms with Crippen molar-refractivity contribution in [3.05, 3.63) is 110 Å². The summed E-state index contributed by atoms with van der Waals surface area (Å²) in [6, 6.07) is 19.1. The minimum Gasteiger partial charge on any atom is -0.489 e. The van der Waals surface area contributed by atoms with Crippen molar-refractivity contribution in [1.82, 2.24) is 0 Å². The summed E-state index contributed by atoms with van der Waals surface area (Å²) in [4.78, 5) is 26.9. The Morgan fingerprint density at radius 2 is 1.91 bits per heavy atom. The predicted octanol–water partition coefficient (Wildman–Crippen LogP) is 5.48. The summed E-state index contributed by atoms with van der Waals surface area (Å²) in [5.74, 6) is -0.0503. The number of nitro groups is 1. The summed E-state index contributed by atoms with van der Waals surface area (Å²) >= 11 is 6.11. The average Bonchev–Trinajstić information content (AvgIpc) is 3.13. The lowest BCUT2D eigenvalue weighted by molar-refractivity contribution is -0.384. The molecule has 0 radical (unpaired) electrons. The van der Waals surface area contributed by atoms with E-state index in [1.165, 1.54) is 23.8 Å². The third-order valence-electron chi connectivity index (χ3n) is 4.68. The van der Waals surface area contributed by atoms with Gasteiger partial charge in [-0.05, 0) is 42.3 Å². The standard InChI is InChI=1S/C24H17ClN2O5/c1-15-3-2-4-17(11-15)14-31-19-8-5-16(6-9-19)12-22-24(28)32-23(26-22)20-13-18(27(29)30)7-10-21(20)25/h2-13H,14H2,1H3/b22-12-. The van der Waals surface area contributed by atoms with Gasteiger partial charge in [0.1, 0.15) is 12.4 Å². The van der Waals surface area contributed by atoms with E-state index in [0.29, 0.717) is 12.4 Å². The molecule has 8 heteroatoms. The van der Waals surface area contributed by atoms with Crippen LogP contribution in [-0.4, -0.2) is 16.8 Å². The number of aryl methyl sites for hydroxylation is 1. The molecule has 0 aromatic heterocycles. The molecule has 0 saturated carbocycles. The van der Waals surface area contributed by atoms with Crippen LogP contribution in [0.1, 0.15) is 22.3 Å². The zero-order valence-corrected chi connectivity index (χ0v) is 17.7. The SMILES string of the molecule is Cc1cccc(COc2ccc(/C=C3\N=C(c4cc([N+](=O)[O-])ccc4Cl)OC3=O)cc2)c1. The van der Waals surface area contributed by atoms with E-state index in [1.807, 2.05) is 25.1 Å². The number of nitro benzene ring substituents is 1. The molecular formula is C24H17ClN2O5. The Kier molecular flexibility index (Phi) is 6.00. The highest BCUT2D eigenvalue weighted by Gasteiger charge is 2.27. The number of cyclic esters (lactones) is 1. The van der Waals surface area contributed by atoms with Gasteiger partial charge in [-0.3, -0.25) is 10.1 Å². The number of hydrogen-bond donors (Lipinski definition) is 0. The lowest BCUT2D eigenvalue weighted by atomic mass is 10.1. The van der Waals surface area contributed by atoms with Gasteiger partial charge in [0.2, 0.25) is 5.90 Å². The van der Waals surface area contributed by atoms with Crippen molar-refractivity contribution >= 4 is 35.2 Å². The number of carbonyl (C=O) groups excluding carboxylic acids is 1. The number of ether oxygens (including phenoxy) is 2. The third-order valence-corrected chi connectivity index (χ3v) is 5.01. The highest BCUT2D eigenvalue weighted by molar-refractivity contribution is 6.34. The lowest BCUT2D eigenvalue weighted by Gasteiger charge is -2.07. The Balaban J connectivity index is 1.50. The number of hydrogen-bond acceptors (Lipinski definition) is 6. The fourth-order valence-corrected chi connectivity index (χ4v) is 3.30. The minimum atomic E-state index is -0.664. The van der Waals surface area contributed by atoms with Gasteiger partial charge in [0.05, 0.1) is 15.5 Å². The zero-order valence-electron chi connectivity index (χ0n) is 16.9. The van der Waals surface area contributed by atoms with E-state index in [2.05, 4.69) is 11.1 Å². The smallest absolute Gasteiger partial charge is 0.363 e. The highest BCUT2D eigenvalue weighted by Crippen LogP contribution is 2.27. The summed E-state index contributed by atoms with van der Waals surface area (Å²) in [5.41, 5.74) is 3.03. The molecule has 0 fully saturated rings. The van der Waals surface area contributed by atoms with Gasteiger partial charge < -0.3 is 9.47 Å². The van der Waals surface area contributed by atoms with Gasteiger partial charge >= 0.3 is 5.97 Å². The second-order valence-corrected chi connectivity index (χ2v) is 7.51. The topological polar surface area (TPSA) is 91.0 Å². The number of benzene rings is 3. The second kappa shape index (κ2) is 9.03. The van der Waals surface area contributed by atoms with Crippen molar-refractivity contribution in [3.63, 3.8) is 0 Å². The first kappa shape index (κ1) is 21.3. The minimum absolute atomic E-state index is 0.0657. The van der Waals surface area contributed by atoms with Gasteiger partial charge in [0.15, 0.2) is 5.70 Å². The summed E-state index contributed by atoms with van der Waals surface area (Å²) in [6.07, 6.45) is 1.56. The van der Waals surface area contributed by atoms with E-state index in [-0.39, 0.29) is 27.9 Å². The molecule has 0 atom stereocenters. The summed E-state index contributed by atoms with van der Waals surface area (Å²) in [6.45, 7) is 2.48. The van der Waals surface area contributed by atoms with Gasteiger partial charge in [-0.1, -0.05) is 53.6 Å². The third kappa shape index (κ3) is 4.84. The van der Waals surface area contributed by atoms with Crippen LogP contribution in [0.4, 0.5) is 5.69 Å². The lowest BCUT2D eigenvalue weighted by Crippen LogP contribution is -2.06. The fraction of sp³-hybridized carbons (Fsp3) is 0.0833. The largest absolute Gasteiger partial charge is 0.489 e. The van der Waals surface area contributed by atoms with E-state index in [0.717, 1.165) is 11.1 Å². The van der Waals surface area contributed by atoms with Gasteiger partial charge in [0, 0.05) is 12.1 Å². The molecule has 0 bridgehead atoms. The molecule has 0 aliphatic carbocycles. The molecule has 0 unspecified atom stereocenters. The highest BCUT2D eigenvalue weighted by atomic mass is 35.5. The molecule has 0 saturated heterocycles.